The molecule has 2 rings (SSSR count). The van der Waals surface area contributed by atoms with Gasteiger partial charge in [0.15, 0.2) is 0 Å². The lowest BCUT2D eigenvalue weighted by atomic mass is 10.00. The maximum absolute atomic E-state index is 11.9. The van der Waals surface area contributed by atoms with Crippen molar-refractivity contribution in [3.05, 3.63) is 59.9 Å². The zero-order chi connectivity index (χ0) is 17.4. The molecule has 0 aliphatic carbocycles. The summed E-state index contributed by atoms with van der Waals surface area (Å²) in [6, 6.07) is 8.35. The quantitative estimate of drug-likeness (QED) is 0.504. The molecule has 1 aromatic rings. The first-order valence-corrected chi connectivity index (χ1v) is 7.96. The third-order valence-corrected chi connectivity index (χ3v) is 3.89. The first-order valence-electron chi connectivity index (χ1n) is 7.96. The molecule has 0 radical (unpaired) electrons. The average Bonchev–Trinajstić information content (AvgIpc) is 2.60. The molecule has 6 nitrogen and oxygen atoms in total. The summed E-state index contributed by atoms with van der Waals surface area (Å²) in [5.41, 5.74) is 8.13. The molecular formula is C18H24N4O2. The molecule has 128 valence electrons. The summed E-state index contributed by atoms with van der Waals surface area (Å²) in [5.74, 6) is -0.418. The first-order chi connectivity index (χ1) is 11.6. The van der Waals surface area contributed by atoms with Crippen molar-refractivity contribution in [1.82, 2.24) is 10.2 Å². The minimum absolute atomic E-state index is 0.0917. The average molecular weight is 328 g/mol. The lowest BCUT2D eigenvalue weighted by molar-refractivity contribution is -0.118. The van der Waals surface area contributed by atoms with Gasteiger partial charge >= 0.3 is 0 Å². The van der Waals surface area contributed by atoms with Crippen LogP contribution in [-0.4, -0.2) is 47.9 Å². The van der Waals surface area contributed by atoms with Crippen molar-refractivity contribution < 1.29 is 9.90 Å². The maximum Gasteiger partial charge on any atom is 0.271 e. The standard InChI is InChI=1S/C18H24N4O2/c1-2-8-20-17(10-19)18(24)21-11-16(23)13-22-9-7-14-5-3-4-6-15(14)12-22/h2-6,8,10,16,23H,1,7,9,11-13,19H2,(H,21,24)/b17-10-,20-8-. The minimum atomic E-state index is -0.651. The normalized spacial score (nSPS) is 16.6. The number of hydrogen-bond acceptors (Lipinski definition) is 5. The molecule has 0 saturated heterocycles. The molecule has 0 bridgehead atoms. The molecular weight excluding hydrogens is 304 g/mol. The number of aliphatic hydroxyl groups is 1. The molecule has 1 amide bonds. The van der Waals surface area contributed by atoms with E-state index in [-0.39, 0.29) is 12.2 Å². The number of carbonyl (C=O) groups is 1. The number of nitrogens with one attached hydrogen (secondary N) is 1. The predicted octanol–water partition coefficient (Wildman–Crippen LogP) is 0.579. The van der Waals surface area contributed by atoms with E-state index in [0.29, 0.717) is 6.54 Å². The second-order valence-corrected chi connectivity index (χ2v) is 5.68. The number of rotatable bonds is 7. The maximum atomic E-state index is 11.9. The van der Waals surface area contributed by atoms with Crippen LogP contribution in [0, 0.1) is 0 Å². The highest BCUT2D eigenvalue weighted by molar-refractivity contribution is 5.94. The van der Waals surface area contributed by atoms with Crippen LogP contribution in [0.3, 0.4) is 0 Å². The van der Waals surface area contributed by atoms with Crippen LogP contribution in [0.25, 0.3) is 0 Å². The zero-order valence-electron chi connectivity index (χ0n) is 13.7. The van der Waals surface area contributed by atoms with Crippen molar-refractivity contribution in [1.29, 1.82) is 0 Å². The van der Waals surface area contributed by atoms with Crippen molar-refractivity contribution >= 4 is 12.1 Å². The molecule has 4 N–H and O–H groups in total. The highest BCUT2D eigenvalue weighted by atomic mass is 16.3. The van der Waals surface area contributed by atoms with E-state index in [1.807, 2.05) is 6.07 Å². The Morgan fingerprint density at radius 3 is 2.92 bits per heavy atom. The fourth-order valence-electron chi connectivity index (χ4n) is 2.68. The topological polar surface area (TPSA) is 90.9 Å². The highest BCUT2D eigenvalue weighted by Crippen LogP contribution is 2.18. The molecule has 0 spiro atoms. The SMILES string of the molecule is C=C/C=N\C(=C/N)C(=O)NCC(O)CN1CCc2ccccc2C1. The molecule has 1 aromatic carbocycles. The van der Waals surface area contributed by atoms with Crippen LogP contribution in [0.15, 0.2) is 53.8 Å². The number of β-amino-alcohol motifs (C(OH)–C–C–N with tert-alkyl or cyclic N) is 1. The third kappa shape index (κ3) is 5.04. The largest absolute Gasteiger partial charge is 0.403 e. The van der Waals surface area contributed by atoms with E-state index in [4.69, 9.17) is 5.73 Å². The number of amides is 1. The van der Waals surface area contributed by atoms with Gasteiger partial charge in [0.2, 0.25) is 0 Å². The second kappa shape index (κ2) is 9.00. The molecule has 1 aliphatic heterocycles. The van der Waals surface area contributed by atoms with E-state index in [2.05, 4.69) is 40.0 Å². The van der Waals surface area contributed by atoms with Crippen LogP contribution < -0.4 is 11.1 Å². The summed E-state index contributed by atoms with van der Waals surface area (Å²) in [4.78, 5) is 18.0. The highest BCUT2D eigenvalue weighted by Gasteiger charge is 2.19. The molecule has 0 fully saturated rings. The molecule has 1 aliphatic rings. The smallest absolute Gasteiger partial charge is 0.271 e. The van der Waals surface area contributed by atoms with Gasteiger partial charge in [0.05, 0.1) is 6.10 Å². The number of benzene rings is 1. The Bertz CT molecular complexity index is 640. The Morgan fingerprint density at radius 1 is 1.46 bits per heavy atom. The number of hydrogen-bond donors (Lipinski definition) is 3. The van der Waals surface area contributed by atoms with Gasteiger partial charge in [-0.1, -0.05) is 36.9 Å². The molecule has 0 saturated carbocycles. The third-order valence-electron chi connectivity index (χ3n) is 3.89. The number of aliphatic hydroxyl groups excluding tert-OH is 1. The van der Waals surface area contributed by atoms with Gasteiger partial charge < -0.3 is 16.2 Å². The Labute approximate surface area is 142 Å². The number of nitrogens with zero attached hydrogens (tertiary/aromatic N) is 2. The van der Waals surface area contributed by atoms with Gasteiger partial charge in [0.25, 0.3) is 5.91 Å². The summed E-state index contributed by atoms with van der Waals surface area (Å²) in [6.45, 7) is 5.86. The predicted molar refractivity (Wildman–Crippen MR) is 95.4 cm³/mol. The monoisotopic (exact) mass is 328 g/mol. The lowest BCUT2D eigenvalue weighted by Crippen LogP contribution is -2.42. The van der Waals surface area contributed by atoms with Crippen LogP contribution in [0.4, 0.5) is 0 Å². The van der Waals surface area contributed by atoms with Crippen LogP contribution in [-0.2, 0) is 17.8 Å². The van der Waals surface area contributed by atoms with E-state index in [0.717, 1.165) is 25.7 Å². The van der Waals surface area contributed by atoms with Crippen LogP contribution >= 0.6 is 0 Å². The van der Waals surface area contributed by atoms with Gasteiger partial charge in [0.1, 0.15) is 5.70 Å². The number of carbonyl (C=O) groups excluding carboxylic acids is 1. The van der Waals surface area contributed by atoms with Gasteiger partial charge in [-0.25, -0.2) is 4.99 Å². The van der Waals surface area contributed by atoms with Crippen molar-refractivity contribution in [2.75, 3.05) is 19.6 Å². The second-order valence-electron chi connectivity index (χ2n) is 5.68. The van der Waals surface area contributed by atoms with Gasteiger partial charge in [-0.05, 0) is 17.5 Å². The summed E-state index contributed by atoms with van der Waals surface area (Å²) in [7, 11) is 0. The van der Waals surface area contributed by atoms with Gasteiger partial charge in [-0.3, -0.25) is 9.69 Å². The fourth-order valence-corrected chi connectivity index (χ4v) is 2.68. The summed E-state index contributed by atoms with van der Waals surface area (Å²) < 4.78 is 0. The molecule has 0 aromatic heterocycles. The zero-order valence-corrected chi connectivity index (χ0v) is 13.7. The number of nitrogens with two attached hydrogens (primary N) is 1. The van der Waals surface area contributed by atoms with Crippen molar-refractivity contribution in [3.63, 3.8) is 0 Å². The lowest BCUT2D eigenvalue weighted by Gasteiger charge is -2.30. The molecule has 1 unspecified atom stereocenters. The molecule has 24 heavy (non-hydrogen) atoms. The van der Waals surface area contributed by atoms with E-state index in [1.54, 1.807) is 0 Å². The van der Waals surface area contributed by atoms with Crippen molar-refractivity contribution in [2.24, 2.45) is 10.7 Å². The summed E-state index contributed by atoms with van der Waals surface area (Å²) >= 11 is 0. The number of aliphatic imine (C=N–C) groups is 1. The van der Waals surface area contributed by atoms with Crippen molar-refractivity contribution in [3.8, 4) is 0 Å². The number of fused-ring (bicyclic) bond motifs is 1. The van der Waals surface area contributed by atoms with Gasteiger partial charge in [0, 0.05) is 38.6 Å². The van der Waals surface area contributed by atoms with Gasteiger partial charge in [-0.2, -0.15) is 0 Å². The van der Waals surface area contributed by atoms with E-state index in [9.17, 15) is 9.90 Å². The fraction of sp³-hybridized carbons (Fsp3) is 0.333. The van der Waals surface area contributed by atoms with Gasteiger partial charge in [-0.15, -0.1) is 0 Å². The first kappa shape index (κ1) is 17.9. The minimum Gasteiger partial charge on any atom is -0.403 e. The Kier molecular flexibility index (Phi) is 6.72. The van der Waals surface area contributed by atoms with Crippen LogP contribution in [0.2, 0.25) is 0 Å². The van der Waals surface area contributed by atoms with Crippen molar-refractivity contribution in [2.45, 2.75) is 19.1 Å². The molecule has 6 heteroatoms. The van der Waals surface area contributed by atoms with E-state index in [1.165, 1.54) is 23.4 Å². The Morgan fingerprint density at radius 2 is 2.21 bits per heavy atom. The molecule has 1 heterocycles. The van der Waals surface area contributed by atoms with E-state index < -0.39 is 12.0 Å². The van der Waals surface area contributed by atoms with Crippen LogP contribution in [0.1, 0.15) is 11.1 Å². The molecule has 1 atom stereocenters. The summed E-state index contributed by atoms with van der Waals surface area (Å²) in [5, 5.41) is 12.8. The number of allylic oxidation sites excluding steroid dienone is 1. The van der Waals surface area contributed by atoms with Crippen LogP contribution in [0.5, 0.6) is 0 Å². The summed E-state index contributed by atoms with van der Waals surface area (Å²) in [6.07, 6.45) is 4.30. The van der Waals surface area contributed by atoms with E-state index >= 15 is 0 Å². The Balaban J connectivity index is 1.80. The Hall–Kier alpha value is -2.44.